The summed E-state index contributed by atoms with van der Waals surface area (Å²) in [7, 11) is 0. The Morgan fingerprint density at radius 2 is 0.803 bits per heavy atom. The quantitative estimate of drug-likeness (QED) is 0.138. The Hall–Kier alpha value is -8.26. The number of hydrogen-bond donors (Lipinski definition) is 0. The molecule has 0 spiro atoms. The fourth-order valence-electron chi connectivity index (χ4n) is 10.6. The topological polar surface area (TPSA) is 3.24 Å². The Labute approximate surface area is 387 Å². The van der Waals surface area contributed by atoms with Crippen LogP contribution in [-0.2, 0) is 5.41 Å². The summed E-state index contributed by atoms with van der Waals surface area (Å²) in [6, 6.07) is 91.3. The van der Waals surface area contributed by atoms with Crippen LogP contribution in [0.4, 0.5) is 17.1 Å². The minimum Gasteiger partial charge on any atom is -0.310 e. The molecule has 12 rings (SSSR count). The number of hydrogen-bond acceptors (Lipinski definition) is 1. The zero-order chi connectivity index (χ0) is 44.2. The molecule has 0 saturated heterocycles. The summed E-state index contributed by atoms with van der Waals surface area (Å²) in [5, 5.41) is 5.06. The van der Waals surface area contributed by atoms with E-state index in [1.807, 2.05) is 0 Å². The minimum absolute atomic E-state index is 0.102. The van der Waals surface area contributed by atoms with Crippen molar-refractivity contribution in [3.63, 3.8) is 0 Å². The maximum atomic E-state index is 2.45. The number of nitrogens with zero attached hydrogens (tertiary/aromatic N) is 1. The first-order valence-electron chi connectivity index (χ1n) is 23.0. The first-order valence-corrected chi connectivity index (χ1v) is 23.0. The highest BCUT2D eigenvalue weighted by Gasteiger charge is 2.37. The van der Waals surface area contributed by atoms with Crippen molar-refractivity contribution in [2.75, 3.05) is 4.90 Å². The highest BCUT2D eigenvalue weighted by Crippen LogP contribution is 2.54. The molecular formula is C65H47N. The average Bonchev–Trinajstić information content (AvgIpc) is 3.63. The molecule has 0 aliphatic heterocycles. The second kappa shape index (κ2) is 16.1. The Balaban J connectivity index is 1.01. The highest BCUT2D eigenvalue weighted by molar-refractivity contribution is 6.14. The van der Waals surface area contributed by atoms with Crippen LogP contribution in [0, 0.1) is 0 Å². The molecule has 1 nitrogen and oxygen atoms in total. The molecule has 0 heterocycles. The molecule has 0 fully saturated rings. The van der Waals surface area contributed by atoms with Crippen LogP contribution < -0.4 is 4.90 Å². The lowest BCUT2D eigenvalue weighted by atomic mass is 9.82. The Bertz CT molecular complexity index is 3580. The summed E-state index contributed by atoms with van der Waals surface area (Å²) < 4.78 is 0. The van der Waals surface area contributed by atoms with Crippen molar-refractivity contribution < 1.29 is 0 Å². The van der Waals surface area contributed by atoms with Crippen LogP contribution in [0.1, 0.15) is 25.0 Å². The van der Waals surface area contributed by atoms with Crippen LogP contribution in [0.2, 0.25) is 0 Å². The van der Waals surface area contributed by atoms with Gasteiger partial charge in [0.25, 0.3) is 0 Å². The number of anilines is 3. The van der Waals surface area contributed by atoms with Crippen LogP contribution in [-0.4, -0.2) is 0 Å². The highest BCUT2D eigenvalue weighted by atomic mass is 15.1. The van der Waals surface area contributed by atoms with Crippen molar-refractivity contribution in [3.05, 3.63) is 260 Å². The third kappa shape index (κ3) is 6.63. The predicted octanol–water partition coefficient (Wildman–Crippen LogP) is 18.1. The largest absolute Gasteiger partial charge is 0.310 e. The number of rotatable bonds is 8. The molecule has 0 radical (unpaired) electrons. The molecule has 0 unspecified atom stereocenters. The van der Waals surface area contributed by atoms with E-state index in [1.165, 1.54) is 99.4 Å². The molecule has 0 atom stereocenters. The second-order valence-corrected chi connectivity index (χ2v) is 18.0. The molecule has 1 aliphatic carbocycles. The fourth-order valence-corrected chi connectivity index (χ4v) is 10.6. The normalized spacial score (nSPS) is 12.5. The third-order valence-electron chi connectivity index (χ3n) is 13.9. The lowest BCUT2D eigenvalue weighted by Gasteiger charge is -2.29. The Morgan fingerprint density at radius 3 is 1.53 bits per heavy atom. The van der Waals surface area contributed by atoms with Crippen LogP contribution in [0.25, 0.3) is 88.3 Å². The molecule has 0 amide bonds. The summed E-state index contributed by atoms with van der Waals surface area (Å²) in [6.07, 6.45) is 0. The van der Waals surface area contributed by atoms with E-state index in [1.54, 1.807) is 0 Å². The van der Waals surface area contributed by atoms with Gasteiger partial charge in [0, 0.05) is 22.4 Å². The van der Waals surface area contributed by atoms with Gasteiger partial charge in [-0.05, 0) is 136 Å². The molecule has 0 saturated carbocycles. The lowest BCUT2D eigenvalue weighted by Crippen LogP contribution is -2.14. The second-order valence-electron chi connectivity index (χ2n) is 18.0. The fraction of sp³-hybridized carbons (Fsp3) is 0.0462. The van der Waals surface area contributed by atoms with Crippen LogP contribution >= 0.6 is 0 Å². The predicted molar refractivity (Wildman–Crippen MR) is 281 cm³/mol. The van der Waals surface area contributed by atoms with Gasteiger partial charge in [-0.25, -0.2) is 0 Å². The standard InChI is InChI=1S/C65H47N/c1-65(2)61-29-15-13-27-58(61)64-57(28-17-30-62(64)65)56-26-14-16-31-63(56)66(51-39-34-47(35-40-51)60-43-49-22-9-10-23-52(49)54-24-11-12-25-55(54)60)50-37-32-44(33-38-50)48-36-41-53(45-18-5-3-6-19-45)59(42-48)46-20-7-4-8-21-46/h3-43H,1-2H3. The minimum atomic E-state index is -0.102. The summed E-state index contributed by atoms with van der Waals surface area (Å²) in [6.45, 7) is 4.72. The van der Waals surface area contributed by atoms with Gasteiger partial charge in [-0.1, -0.05) is 220 Å². The molecule has 66 heavy (non-hydrogen) atoms. The molecule has 1 heteroatoms. The first kappa shape index (κ1) is 39.3. The summed E-state index contributed by atoms with van der Waals surface area (Å²) in [5.41, 5.74) is 20.7. The maximum Gasteiger partial charge on any atom is 0.0540 e. The van der Waals surface area contributed by atoms with E-state index in [9.17, 15) is 0 Å². The zero-order valence-electron chi connectivity index (χ0n) is 37.1. The van der Waals surface area contributed by atoms with Gasteiger partial charge >= 0.3 is 0 Å². The monoisotopic (exact) mass is 841 g/mol. The summed E-state index contributed by atoms with van der Waals surface area (Å²) in [4.78, 5) is 2.45. The van der Waals surface area contributed by atoms with Gasteiger partial charge in [-0.3, -0.25) is 0 Å². The maximum absolute atomic E-state index is 2.45. The molecule has 0 N–H and O–H groups in total. The molecule has 11 aromatic rings. The van der Waals surface area contributed by atoms with Crippen molar-refractivity contribution in [1.82, 2.24) is 0 Å². The van der Waals surface area contributed by atoms with Gasteiger partial charge in [-0.2, -0.15) is 0 Å². The third-order valence-corrected chi connectivity index (χ3v) is 13.9. The summed E-state index contributed by atoms with van der Waals surface area (Å²) >= 11 is 0. The smallest absolute Gasteiger partial charge is 0.0540 e. The summed E-state index contributed by atoms with van der Waals surface area (Å²) in [5.74, 6) is 0. The molecule has 0 aromatic heterocycles. The first-order chi connectivity index (χ1) is 32.5. The van der Waals surface area contributed by atoms with Crippen molar-refractivity contribution in [1.29, 1.82) is 0 Å². The SMILES string of the molecule is CC1(C)c2ccccc2-c2c(-c3ccccc3N(c3ccc(-c4ccc(-c5ccccc5)c(-c5ccccc5)c4)cc3)c3ccc(-c4cc5ccccc5c5ccccc45)cc3)cccc21. The van der Waals surface area contributed by atoms with E-state index in [4.69, 9.17) is 0 Å². The van der Waals surface area contributed by atoms with Gasteiger partial charge < -0.3 is 4.90 Å². The van der Waals surface area contributed by atoms with Gasteiger partial charge in [0.2, 0.25) is 0 Å². The Morgan fingerprint density at radius 1 is 0.288 bits per heavy atom. The van der Waals surface area contributed by atoms with E-state index in [2.05, 4.69) is 267 Å². The van der Waals surface area contributed by atoms with Crippen LogP contribution in [0.15, 0.2) is 249 Å². The number of para-hydroxylation sites is 1. The van der Waals surface area contributed by atoms with E-state index in [0.717, 1.165) is 17.1 Å². The molecule has 0 bridgehead atoms. The Kier molecular flexibility index (Phi) is 9.58. The van der Waals surface area contributed by atoms with Gasteiger partial charge in [0.1, 0.15) is 0 Å². The van der Waals surface area contributed by atoms with Gasteiger partial charge in [0.15, 0.2) is 0 Å². The van der Waals surface area contributed by atoms with E-state index >= 15 is 0 Å². The molecular weight excluding hydrogens is 795 g/mol. The van der Waals surface area contributed by atoms with Gasteiger partial charge in [0.05, 0.1) is 5.69 Å². The molecule has 1 aliphatic rings. The lowest BCUT2D eigenvalue weighted by molar-refractivity contribution is 0.660. The van der Waals surface area contributed by atoms with Crippen LogP contribution in [0.3, 0.4) is 0 Å². The zero-order valence-corrected chi connectivity index (χ0v) is 37.1. The van der Waals surface area contributed by atoms with Crippen molar-refractivity contribution in [3.8, 4) is 66.8 Å². The van der Waals surface area contributed by atoms with Crippen molar-refractivity contribution in [2.24, 2.45) is 0 Å². The van der Waals surface area contributed by atoms with Crippen LogP contribution in [0.5, 0.6) is 0 Å². The van der Waals surface area contributed by atoms with E-state index < -0.39 is 0 Å². The molecule has 312 valence electrons. The van der Waals surface area contributed by atoms with Gasteiger partial charge in [-0.15, -0.1) is 0 Å². The van der Waals surface area contributed by atoms with E-state index in [-0.39, 0.29) is 5.41 Å². The van der Waals surface area contributed by atoms with Crippen molar-refractivity contribution >= 4 is 38.6 Å². The molecule has 11 aromatic carbocycles. The van der Waals surface area contributed by atoms with Crippen molar-refractivity contribution in [2.45, 2.75) is 19.3 Å². The average molecular weight is 842 g/mol. The number of benzene rings is 11. The number of fused-ring (bicyclic) bond motifs is 6. The van der Waals surface area contributed by atoms with E-state index in [0.29, 0.717) is 0 Å².